The van der Waals surface area contributed by atoms with E-state index < -0.39 is 23.5 Å². The van der Waals surface area contributed by atoms with E-state index >= 15 is 0 Å². The Morgan fingerprint density at radius 2 is 1.83 bits per heavy atom. The number of nitrogens with zero attached hydrogens (tertiary/aromatic N) is 4. The Bertz CT molecular complexity index is 973. The van der Waals surface area contributed by atoms with Gasteiger partial charge in [-0.25, -0.2) is 14.8 Å². The van der Waals surface area contributed by atoms with Crippen LogP contribution in [0.2, 0.25) is 0 Å². The minimum atomic E-state index is -0.815. The molecule has 3 rings (SSSR count). The summed E-state index contributed by atoms with van der Waals surface area (Å²) < 4.78 is 20.4. The number of methoxy groups -OCH3 is 2. The molecule has 0 atom stereocenters. The molecular formula is C18H20N4O8. The highest BCUT2D eigenvalue weighted by Gasteiger charge is 2.34. The van der Waals surface area contributed by atoms with Gasteiger partial charge in [0.2, 0.25) is 0 Å². The first-order valence-corrected chi connectivity index (χ1v) is 8.94. The lowest BCUT2D eigenvalue weighted by atomic mass is 10.1. The van der Waals surface area contributed by atoms with Crippen molar-refractivity contribution in [2.24, 2.45) is 0 Å². The van der Waals surface area contributed by atoms with Crippen LogP contribution in [0.4, 0.5) is 10.5 Å². The Kier molecular flexibility index (Phi) is 6.04. The van der Waals surface area contributed by atoms with Gasteiger partial charge in [0, 0.05) is 19.2 Å². The van der Waals surface area contributed by atoms with Gasteiger partial charge in [0.25, 0.3) is 11.6 Å². The fourth-order valence-corrected chi connectivity index (χ4v) is 3.02. The van der Waals surface area contributed by atoms with Crippen LogP contribution in [0.15, 0.2) is 22.7 Å². The summed E-state index contributed by atoms with van der Waals surface area (Å²) >= 11 is 0. The van der Waals surface area contributed by atoms with E-state index in [0.717, 1.165) is 5.01 Å². The minimum Gasteiger partial charge on any atom is -0.493 e. The van der Waals surface area contributed by atoms with Gasteiger partial charge in [-0.2, -0.15) is 0 Å². The van der Waals surface area contributed by atoms with Crippen molar-refractivity contribution in [3.05, 3.63) is 45.3 Å². The monoisotopic (exact) mass is 420 g/mol. The highest BCUT2D eigenvalue weighted by Crippen LogP contribution is 2.35. The van der Waals surface area contributed by atoms with Gasteiger partial charge in [-0.1, -0.05) is 5.16 Å². The SMILES string of the molecule is COc1cc(COC(=O)N2CCCN2C(=O)c2cc(C)on2)c([N+](=O)[O-])cc1OC. The van der Waals surface area contributed by atoms with Gasteiger partial charge in [0.05, 0.1) is 30.8 Å². The first kappa shape index (κ1) is 20.9. The molecule has 12 heteroatoms. The van der Waals surface area contributed by atoms with E-state index in [1.165, 1.54) is 37.4 Å². The molecule has 0 N–H and O–H groups in total. The Labute approximate surface area is 171 Å². The van der Waals surface area contributed by atoms with Crippen LogP contribution in [0.5, 0.6) is 11.5 Å². The average Bonchev–Trinajstić information content (AvgIpc) is 3.39. The molecule has 30 heavy (non-hydrogen) atoms. The predicted octanol–water partition coefficient (Wildman–Crippen LogP) is 2.31. The van der Waals surface area contributed by atoms with Crippen LogP contribution in [-0.2, 0) is 11.3 Å². The third-order valence-corrected chi connectivity index (χ3v) is 4.46. The van der Waals surface area contributed by atoms with Crippen molar-refractivity contribution in [3.63, 3.8) is 0 Å². The zero-order valence-corrected chi connectivity index (χ0v) is 16.6. The van der Waals surface area contributed by atoms with Crippen molar-refractivity contribution in [3.8, 4) is 11.5 Å². The highest BCUT2D eigenvalue weighted by molar-refractivity contribution is 5.93. The maximum Gasteiger partial charge on any atom is 0.429 e. The summed E-state index contributed by atoms with van der Waals surface area (Å²) in [4.78, 5) is 35.9. The third kappa shape index (κ3) is 4.11. The number of benzene rings is 1. The summed E-state index contributed by atoms with van der Waals surface area (Å²) in [6, 6.07) is 4.03. The van der Waals surface area contributed by atoms with E-state index in [-0.39, 0.29) is 35.0 Å². The molecule has 1 fully saturated rings. The molecule has 0 radical (unpaired) electrons. The zero-order valence-electron chi connectivity index (χ0n) is 16.6. The van der Waals surface area contributed by atoms with Gasteiger partial charge in [0.15, 0.2) is 17.2 Å². The smallest absolute Gasteiger partial charge is 0.429 e. The number of aromatic nitrogens is 1. The van der Waals surface area contributed by atoms with Crippen LogP contribution in [0.25, 0.3) is 0 Å². The van der Waals surface area contributed by atoms with Crippen molar-refractivity contribution >= 4 is 17.7 Å². The number of rotatable bonds is 6. The van der Waals surface area contributed by atoms with Crippen LogP contribution in [0.1, 0.15) is 28.2 Å². The molecule has 2 aromatic rings. The van der Waals surface area contributed by atoms with Crippen LogP contribution in [0, 0.1) is 17.0 Å². The normalized spacial score (nSPS) is 13.3. The maximum atomic E-state index is 12.6. The number of aryl methyl sites for hydroxylation is 1. The van der Waals surface area contributed by atoms with Crippen LogP contribution in [-0.4, -0.2) is 59.4 Å². The Morgan fingerprint density at radius 1 is 1.17 bits per heavy atom. The third-order valence-electron chi connectivity index (χ3n) is 4.46. The number of carbonyl (C=O) groups is 2. The summed E-state index contributed by atoms with van der Waals surface area (Å²) in [6.45, 7) is 1.82. The molecule has 0 bridgehead atoms. The van der Waals surface area contributed by atoms with Crippen molar-refractivity contribution in [2.45, 2.75) is 20.0 Å². The molecule has 12 nitrogen and oxygen atoms in total. The second-order valence-electron chi connectivity index (χ2n) is 6.38. The Balaban J connectivity index is 1.74. The van der Waals surface area contributed by atoms with E-state index in [1.807, 2.05) is 0 Å². The van der Waals surface area contributed by atoms with E-state index in [9.17, 15) is 19.7 Å². The van der Waals surface area contributed by atoms with Gasteiger partial charge in [-0.05, 0) is 19.4 Å². The highest BCUT2D eigenvalue weighted by atomic mass is 16.6. The molecule has 1 aliphatic rings. The number of nitro benzene ring substituents is 1. The molecule has 2 amide bonds. The number of hydrogen-bond acceptors (Lipinski definition) is 9. The molecule has 2 heterocycles. The lowest BCUT2D eigenvalue weighted by molar-refractivity contribution is -0.385. The van der Waals surface area contributed by atoms with Gasteiger partial charge in [-0.15, -0.1) is 0 Å². The first-order chi connectivity index (χ1) is 14.3. The molecule has 1 saturated heterocycles. The molecule has 0 spiro atoms. The van der Waals surface area contributed by atoms with Gasteiger partial charge in [0.1, 0.15) is 12.4 Å². The molecule has 1 aromatic carbocycles. The quantitative estimate of drug-likeness (QED) is 0.509. The number of hydrazine groups is 1. The number of hydrogen-bond donors (Lipinski definition) is 0. The molecule has 0 saturated carbocycles. The first-order valence-electron chi connectivity index (χ1n) is 8.94. The average molecular weight is 420 g/mol. The summed E-state index contributed by atoms with van der Waals surface area (Å²) in [6.07, 6.45) is -0.265. The lowest BCUT2D eigenvalue weighted by Gasteiger charge is -2.26. The molecule has 160 valence electrons. The Hall–Kier alpha value is -3.83. The predicted molar refractivity (Wildman–Crippen MR) is 100.0 cm³/mol. The van der Waals surface area contributed by atoms with E-state index in [2.05, 4.69) is 5.16 Å². The van der Waals surface area contributed by atoms with E-state index in [1.54, 1.807) is 6.92 Å². The zero-order chi connectivity index (χ0) is 21.8. The van der Waals surface area contributed by atoms with Gasteiger partial charge < -0.3 is 18.7 Å². The van der Waals surface area contributed by atoms with E-state index in [4.69, 9.17) is 18.7 Å². The molecular weight excluding hydrogens is 400 g/mol. The fourth-order valence-electron chi connectivity index (χ4n) is 3.02. The van der Waals surface area contributed by atoms with Crippen molar-refractivity contribution in [1.82, 2.24) is 15.2 Å². The van der Waals surface area contributed by atoms with Crippen molar-refractivity contribution in [2.75, 3.05) is 27.3 Å². The summed E-state index contributed by atoms with van der Waals surface area (Å²) in [5.41, 5.74) is -0.0918. The van der Waals surface area contributed by atoms with Crippen LogP contribution < -0.4 is 9.47 Å². The van der Waals surface area contributed by atoms with Gasteiger partial charge in [-0.3, -0.25) is 14.9 Å². The lowest BCUT2D eigenvalue weighted by Crippen LogP contribution is -2.45. The Morgan fingerprint density at radius 3 is 2.43 bits per heavy atom. The number of ether oxygens (including phenoxy) is 3. The number of carbonyl (C=O) groups excluding carboxylic acids is 2. The summed E-state index contributed by atoms with van der Waals surface area (Å²) in [5, 5.41) is 17.4. The van der Waals surface area contributed by atoms with Gasteiger partial charge >= 0.3 is 6.09 Å². The van der Waals surface area contributed by atoms with Crippen LogP contribution in [0.3, 0.4) is 0 Å². The number of nitro groups is 1. The minimum absolute atomic E-state index is 0.0720. The molecule has 0 unspecified atom stereocenters. The summed E-state index contributed by atoms with van der Waals surface area (Å²) in [5.74, 6) is 0.401. The fraction of sp³-hybridized carbons (Fsp3) is 0.389. The second-order valence-corrected chi connectivity index (χ2v) is 6.38. The second kappa shape index (κ2) is 8.68. The van der Waals surface area contributed by atoms with Crippen molar-refractivity contribution in [1.29, 1.82) is 0 Å². The van der Waals surface area contributed by atoms with Crippen LogP contribution >= 0.6 is 0 Å². The molecule has 0 aliphatic carbocycles. The summed E-state index contributed by atoms with van der Waals surface area (Å²) in [7, 11) is 2.75. The van der Waals surface area contributed by atoms with E-state index in [0.29, 0.717) is 18.7 Å². The topological polar surface area (TPSA) is 137 Å². The number of amides is 2. The standard InChI is InChI=1S/C18H20N4O8/c1-11-7-13(19-30-11)17(23)20-5-4-6-21(20)18(24)29-10-12-8-15(27-2)16(28-3)9-14(12)22(25)26/h7-9H,4-6,10H2,1-3H3. The van der Waals surface area contributed by atoms with Crippen molar-refractivity contribution < 1.29 is 33.2 Å². The maximum absolute atomic E-state index is 12.6. The molecule has 1 aliphatic heterocycles. The largest absolute Gasteiger partial charge is 0.493 e. The molecule has 1 aromatic heterocycles.